The van der Waals surface area contributed by atoms with Crippen LogP contribution in [0.25, 0.3) is 5.69 Å². The van der Waals surface area contributed by atoms with Crippen LogP contribution in [0.4, 0.5) is 13.2 Å². The minimum Gasteiger partial charge on any atom is -0.326 e. The molecule has 2 aromatic rings. The lowest BCUT2D eigenvalue weighted by Gasteiger charge is -2.10. The van der Waals surface area contributed by atoms with Crippen LogP contribution in [0.5, 0.6) is 0 Å². The standard InChI is InChI=1S/C13H11F3N2O/c14-13(15,16)11-2-1-7-18(12(11)19)10-5-3-9(8-17)4-6-10/h1-7H,8,17H2. The molecule has 1 aromatic carbocycles. The monoisotopic (exact) mass is 268 g/mol. The first-order valence-corrected chi connectivity index (χ1v) is 5.51. The normalized spacial score (nSPS) is 11.6. The van der Waals surface area contributed by atoms with Crippen LogP contribution in [0.15, 0.2) is 47.4 Å². The van der Waals surface area contributed by atoms with Crippen LogP contribution in [0.3, 0.4) is 0 Å². The molecule has 100 valence electrons. The first-order valence-electron chi connectivity index (χ1n) is 5.51. The molecule has 6 heteroatoms. The Balaban J connectivity index is 2.54. The molecule has 0 atom stereocenters. The van der Waals surface area contributed by atoms with Gasteiger partial charge in [0, 0.05) is 18.4 Å². The number of halogens is 3. The number of aromatic nitrogens is 1. The average molecular weight is 268 g/mol. The summed E-state index contributed by atoms with van der Waals surface area (Å²) >= 11 is 0. The van der Waals surface area contributed by atoms with E-state index < -0.39 is 17.3 Å². The Labute approximate surface area is 107 Å². The number of nitrogens with zero attached hydrogens (tertiary/aromatic N) is 1. The first-order chi connectivity index (χ1) is 8.93. The molecule has 0 bridgehead atoms. The fourth-order valence-corrected chi connectivity index (χ4v) is 1.71. The maximum absolute atomic E-state index is 12.6. The van der Waals surface area contributed by atoms with E-state index in [4.69, 9.17) is 5.73 Å². The van der Waals surface area contributed by atoms with Crippen molar-refractivity contribution in [2.75, 3.05) is 0 Å². The molecule has 0 aliphatic rings. The molecule has 0 amide bonds. The van der Waals surface area contributed by atoms with Gasteiger partial charge in [-0.2, -0.15) is 13.2 Å². The van der Waals surface area contributed by atoms with Crippen molar-refractivity contribution in [2.45, 2.75) is 12.7 Å². The van der Waals surface area contributed by atoms with Gasteiger partial charge in [0.15, 0.2) is 0 Å². The summed E-state index contributed by atoms with van der Waals surface area (Å²) in [4.78, 5) is 11.8. The third-order valence-corrected chi connectivity index (χ3v) is 2.70. The summed E-state index contributed by atoms with van der Waals surface area (Å²) in [6.07, 6.45) is -3.35. The minimum atomic E-state index is -4.66. The third kappa shape index (κ3) is 2.68. The van der Waals surface area contributed by atoms with E-state index in [0.29, 0.717) is 12.2 Å². The summed E-state index contributed by atoms with van der Waals surface area (Å²) in [6, 6.07) is 8.42. The molecule has 1 heterocycles. The fourth-order valence-electron chi connectivity index (χ4n) is 1.71. The van der Waals surface area contributed by atoms with E-state index in [2.05, 4.69) is 0 Å². The molecule has 0 aliphatic carbocycles. The Morgan fingerprint density at radius 3 is 2.26 bits per heavy atom. The number of benzene rings is 1. The quantitative estimate of drug-likeness (QED) is 0.908. The van der Waals surface area contributed by atoms with Crippen molar-refractivity contribution in [3.8, 4) is 5.69 Å². The van der Waals surface area contributed by atoms with E-state index in [9.17, 15) is 18.0 Å². The summed E-state index contributed by atoms with van der Waals surface area (Å²) in [5, 5.41) is 0. The molecule has 19 heavy (non-hydrogen) atoms. The zero-order chi connectivity index (χ0) is 14.0. The van der Waals surface area contributed by atoms with Crippen LogP contribution in [0, 0.1) is 0 Å². The number of alkyl halides is 3. The first kappa shape index (κ1) is 13.4. The predicted octanol–water partition coefficient (Wildman–Crippen LogP) is 2.32. The zero-order valence-corrected chi connectivity index (χ0v) is 9.82. The Morgan fingerprint density at radius 1 is 1.11 bits per heavy atom. The van der Waals surface area contributed by atoms with Crippen LogP contribution in [0.2, 0.25) is 0 Å². The predicted molar refractivity (Wildman–Crippen MR) is 64.9 cm³/mol. The maximum atomic E-state index is 12.6. The van der Waals surface area contributed by atoms with E-state index in [1.54, 1.807) is 24.3 Å². The molecule has 3 nitrogen and oxygen atoms in total. The molecule has 0 aliphatic heterocycles. The third-order valence-electron chi connectivity index (χ3n) is 2.70. The maximum Gasteiger partial charge on any atom is 0.421 e. The van der Waals surface area contributed by atoms with Gasteiger partial charge >= 0.3 is 6.18 Å². The van der Waals surface area contributed by atoms with Crippen molar-refractivity contribution in [1.82, 2.24) is 4.57 Å². The lowest BCUT2D eigenvalue weighted by Crippen LogP contribution is -2.26. The average Bonchev–Trinajstić information content (AvgIpc) is 2.38. The molecule has 0 unspecified atom stereocenters. The summed E-state index contributed by atoms with van der Waals surface area (Å²) < 4.78 is 38.9. The highest BCUT2D eigenvalue weighted by molar-refractivity contribution is 5.36. The second-order valence-corrected chi connectivity index (χ2v) is 3.97. The van der Waals surface area contributed by atoms with Gasteiger partial charge in [-0.25, -0.2) is 0 Å². The zero-order valence-electron chi connectivity index (χ0n) is 9.82. The van der Waals surface area contributed by atoms with E-state index in [1.807, 2.05) is 0 Å². The second-order valence-electron chi connectivity index (χ2n) is 3.97. The Kier molecular flexibility index (Phi) is 3.44. The van der Waals surface area contributed by atoms with Gasteiger partial charge in [0.25, 0.3) is 5.56 Å². The number of pyridine rings is 1. The summed E-state index contributed by atoms with van der Waals surface area (Å²) in [5.41, 5.74) is 4.37. The highest BCUT2D eigenvalue weighted by atomic mass is 19.4. The van der Waals surface area contributed by atoms with Crippen molar-refractivity contribution < 1.29 is 13.2 Å². The summed E-state index contributed by atoms with van der Waals surface area (Å²) in [6.45, 7) is 0.331. The molecule has 0 spiro atoms. The molecule has 0 saturated carbocycles. The van der Waals surface area contributed by atoms with Gasteiger partial charge < -0.3 is 5.73 Å². The van der Waals surface area contributed by atoms with E-state index >= 15 is 0 Å². The molecule has 2 N–H and O–H groups in total. The number of nitrogens with two attached hydrogens (primary N) is 1. The minimum absolute atomic E-state index is 0.331. The van der Waals surface area contributed by atoms with Crippen molar-refractivity contribution in [2.24, 2.45) is 5.73 Å². The number of hydrogen-bond acceptors (Lipinski definition) is 2. The van der Waals surface area contributed by atoms with E-state index in [-0.39, 0.29) is 0 Å². The van der Waals surface area contributed by atoms with E-state index in [1.165, 1.54) is 12.3 Å². The highest BCUT2D eigenvalue weighted by Crippen LogP contribution is 2.26. The second kappa shape index (κ2) is 4.89. The number of hydrogen-bond donors (Lipinski definition) is 1. The van der Waals surface area contributed by atoms with Crippen LogP contribution >= 0.6 is 0 Å². The smallest absolute Gasteiger partial charge is 0.326 e. The molecule has 0 fully saturated rings. The largest absolute Gasteiger partial charge is 0.421 e. The van der Waals surface area contributed by atoms with Crippen molar-refractivity contribution >= 4 is 0 Å². The molecule has 2 rings (SSSR count). The molecule has 0 saturated heterocycles. The van der Waals surface area contributed by atoms with Gasteiger partial charge in [-0.1, -0.05) is 12.1 Å². The van der Waals surface area contributed by atoms with Gasteiger partial charge in [-0.3, -0.25) is 9.36 Å². The Bertz CT molecular complexity index is 630. The van der Waals surface area contributed by atoms with Gasteiger partial charge in [0.05, 0.1) is 0 Å². The summed E-state index contributed by atoms with van der Waals surface area (Å²) in [5.74, 6) is 0. The molecule has 0 radical (unpaired) electrons. The molecular weight excluding hydrogens is 257 g/mol. The van der Waals surface area contributed by atoms with Gasteiger partial charge in [0.2, 0.25) is 0 Å². The van der Waals surface area contributed by atoms with Gasteiger partial charge in [-0.15, -0.1) is 0 Å². The highest BCUT2D eigenvalue weighted by Gasteiger charge is 2.34. The van der Waals surface area contributed by atoms with Crippen molar-refractivity contribution in [3.05, 3.63) is 64.1 Å². The van der Waals surface area contributed by atoms with Gasteiger partial charge in [-0.05, 0) is 29.8 Å². The van der Waals surface area contributed by atoms with Crippen LogP contribution < -0.4 is 11.3 Å². The SMILES string of the molecule is NCc1ccc(-n2cccc(C(F)(F)F)c2=O)cc1. The van der Waals surface area contributed by atoms with Crippen LogP contribution in [-0.4, -0.2) is 4.57 Å². The van der Waals surface area contributed by atoms with Crippen LogP contribution in [0.1, 0.15) is 11.1 Å². The van der Waals surface area contributed by atoms with Crippen molar-refractivity contribution in [3.63, 3.8) is 0 Å². The lowest BCUT2D eigenvalue weighted by atomic mass is 10.2. The topological polar surface area (TPSA) is 48.0 Å². The lowest BCUT2D eigenvalue weighted by molar-refractivity contribution is -0.138. The Morgan fingerprint density at radius 2 is 1.74 bits per heavy atom. The number of rotatable bonds is 2. The van der Waals surface area contributed by atoms with Crippen LogP contribution in [-0.2, 0) is 12.7 Å². The summed E-state index contributed by atoms with van der Waals surface area (Å²) in [7, 11) is 0. The Hall–Kier alpha value is -2.08. The van der Waals surface area contributed by atoms with Crippen molar-refractivity contribution in [1.29, 1.82) is 0 Å². The van der Waals surface area contributed by atoms with Gasteiger partial charge in [0.1, 0.15) is 5.56 Å². The van der Waals surface area contributed by atoms with E-state index in [0.717, 1.165) is 16.2 Å². The molecule has 1 aromatic heterocycles. The molecular formula is C13H11F3N2O. The fraction of sp³-hybridized carbons (Fsp3) is 0.154.